The molecule has 0 radical (unpaired) electrons. The second-order valence-corrected chi connectivity index (χ2v) is 9.46. The van der Waals surface area contributed by atoms with E-state index in [9.17, 15) is 4.79 Å². The molecule has 2 heterocycles. The molecule has 1 saturated carbocycles. The van der Waals surface area contributed by atoms with Crippen LogP contribution in [0, 0.1) is 11.8 Å². The third-order valence-corrected chi connectivity index (χ3v) is 7.16. The van der Waals surface area contributed by atoms with Gasteiger partial charge in [-0.2, -0.15) is 5.10 Å². The number of aromatic nitrogens is 4. The largest absolute Gasteiger partial charge is 0.399 e. The molecule has 1 aliphatic rings. The number of H-pyrrole nitrogens is 2. The second kappa shape index (κ2) is 9.79. The van der Waals surface area contributed by atoms with Crippen molar-refractivity contribution < 1.29 is 4.79 Å². The van der Waals surface area contributed by atoms with E-state index in [4.69, 9.17) is 22.2 Å². The molecule has 5 rings (SSSR count). The Bertz CT molecular complexity index is 1320. The zero-order valence-electron chi connectivity index (χ0n) is 19.6. The van der Waals surface area contributed by atoms with Gasteiger partial charge in [-0.3, -0.25) is 9.89 Å². The zero-order chi connectivity index (χ0) is 24.4. The molecular weight excluding hydrogens is 440 g/mol. The highest BCUT2D eigenvalue weighted by Gasteiger charge is 2.28. The maximum atomic E-state index is 13.2. The predicted molar refractivity (Wildman–Crippen MR) is 138 cm³/mol. The van der Waals surface area contributed by atoms with Gasteiger partial charge in [-0.15, -0.1) is 0 Å². The molecule has 0 saturated heterocycles. The number of carbonyl (C=O) groups is 1. The Kier molecular flexibility index (Phi) is 6.41. The van der Waals surface area contributed by atoms with Gasteiger partial charge in [0.15, 0.2) is 5.82 Å². The fraction of sp³-hybridized carbons (Fsp3) is 0.346. The van der Waals surface area contributed by atoms with Crippen LogP contribution < -0.4 is 22.5 Å². The van der Waals surface area contributed by atoms with E-state index in [-0.39, 0.29) is 17.9 Å². The predicted octanol–water partition coefficient (Wildman–Crippen LogP) is 3.28. The molecule has 9 nitrogen and oxygen atoms in total. The number of aromatic amines is 2. The summed E-state index contributed by atoms with van der Waals surface area (Å²) in [4.78, 5) is 21.4. The van der Waals surface area contributed by atoms with Crippen LogP contribution in [-0.4, -0.2) is 32.6 Å². The van der Waals surface area contributed by atoms with E-state index in [0.717, 1.165) is 53.4 Å². The van der Waals surface area contributed by atoms with Crippen molar-refractivity contribution in [2.45, 2.75) is 38.1 Å². The van der Waals surface area contributed by atoms with Gasteiger partial charge in [0.2, 0.25) is 5.91 Å². The number of nitrogens with one attached hydrogen (secondary N) is 3. The summed E-state index contributed by atoms with van der Waals surface area (Å²) < 4.78 is 0. The van der Waals surface area contributed by atoms with E-state index in [1.54, 1.807) is 0 Å². The van der Waals surface area contributed by atoms with Crippen LogP contribution in [0.4, 0.5) is 11.5 Å². The van der Waals surface area contributed by atoms with Crippen molar-refractivity contribution in [3.8, 4) is 11.3 Å². The summed E-state index contributed by atoms with van der Waals surface area (Å²) in [6.45, 7) is 0.691. The summed E-state index contributed by atoms with van der Waals surface area (Å²) in [6.07, 6.45) is 6.12. The zero-order valence-corrected chi connectivity index (χ0v) is 19.6. The molecule has 182 valence electrons. The van der Waals surface area contributed by atoms with Crippen LogP contribution in [0.3, 0.4) is 0 Å². The van der Waals surface area contributed by atoms with E-state index < -0.39 is 0 Å². The molecule has 1 aliphatic carbocycles. The monoisotopic (exact) mass is 472 g/mol. The van der Waals surface area contributed by atoms with E-state index in [0.29, 0.717) is 36.2 Å². The van der Waals surface area contributed by atoms with Crippen LogP contribution in [0.5, 0.6) is 0 Å². The van der Waals surface area contributed by atoms with E-state index >= 15 is 0 Å². The van der Waals surface area contributed by atoms with Crippen molar-refractivity contribution in [2.24, 2.45) is 17.6 Å². The average Bonchev–Trinajstić information content (AvgIpc) is 3.52. The fourth-order valence-electron chi connectivity index (χ4n) is 4.97. The molecule has 2 aromatic carbocycles. The molecule has 2 aromatic heterocycles. The lowest BCUT2D eigenvalue weighted by Crippen LogP contribution is -2.37. The molecule has 4 aromatic rings. The van der Waals surface area contributed by atoms with Crippen LogP contribution >= 0.6 is 0 Å². The van der Waals surface area contributed by atoms with Gasteiger partial charge in [0, 0.05) is 35.2 Å². The minimum atomic E-state index is -0.334. The Hall–Kier alpha value is -3.85. The van der Waals surface area contributed by atoms with Gasteiger partial charge in [-0.25, -0.2) is 4.98 Å². The van der Waals surface area contributed by atoms with Crippen molar-refractivity contribution in [3.63, 3.8) is 0 Å². The molecule has 9 heteroatoms. The molecule has 1 atom stereocenters. The minimum absolute atomic E-state index is 0.00361. The number of benzene rings is 2. The summed E-state index contributed by atoms with van der Waals surface area (Å²) in [7, 11) is 0. The molecular formula is C26H32N8O. The van der Waals surface area contributed by atoms with E-state index in [1.807, 2.05) is 48.7 Å². The molecule has 0 unspecified atom stereocenters. The number of hydrogen-bond acceptors (Lipinski definition) is 6. The number of amides is 1. The lowest BCUT2D eigenvalue weighted by atomic mass is 9.81. The number of nitrogens with two attached hydrogens (primary N) is 3. The number of fused-ring (bicyclic) bond motifs is 1. The van der Waals surface area contributed by atoms with E-state index in [2.05, 4.69) is 20.5 Å². The summed E-state index contributed by atoms with van der Waals surface area (Å²) in [6, 6.07) is 13.3. The van der Waals surface area contributed by atoms with Gasteiger partial charge in [-0.1, -0.05) is 24.3 Å². The number of rotatable bonds is 7. The van der Waals surface area contributed by atoms with Crippen LogP contribution in [0.1, 0.15) is 43.1 Å². The maximum Gasteiger partial charge on any atom is 0.223 e. The van der Waals surface area contributed by atoms with Gasteiger partial charge in [0.05, 0.1) is 17.3 Å². The van der Waals surface area contributed by atoms with Gasteiger partial charge in [0.25, 0.3) is 0 Å². The minimum Gasteiger partial charge on any atom is -0.399 e. The van der Waals surface area contributed by atoms with Crippen molar-refractivity contribution in [2.75, 3.05) is 18.0 Å². The first-order valence-electron chi connectivity index (χ1n) is 12.1. The Labute approximate surface area is 203 Å². The van der Waals surface area contributed by atoms with E-state index in [1.165, 1.54) is 0 Å². The number of hydrogen-bond donors (Lipinski definition) is 6. The SMILES string of the molecule is NC[C@H]1CC[C@H](C(=O)N[C@@H](Cc2ccccc2N)c2nc(-c3ccc4c(N)n[nH]c4c3)c[nH]2)CC1. The summed E-state index contributed by atoms with van der Waals surface area (Å²) in [5.74, 6) is 1.74. The van der Waals surface area contributed by atoms with Crippen molar-refractivity contribution in [1.82, 2.24) is 25.5 Å². The van der Waals surface area contributed by atoms with Crippen LogP contribution in [0.25, 0.3) is 22.2 Å². The quantitative estimate of drug-likeness (QED) is 0.226. The molecule has 9 N–H and O–H groups in total. The Balaban J connectivity index is 1.39. The van der Waals surface area contributed by atoms with Crippen molar-refractivity contribution in [1.29, 1.82) is 0 Å². The van der Waals surface area contributed by atoms with Crippen LogP contribution in [-0.2, 0) is 11.2 Å². The first-order chi connectivity index (χ1) is 17.0. The first kappa shape index (κ1) is 22.9. The standard InChI is InChI=1S/C26H32N8O/c27-13-15-5-7-16(8-6-15)26(35)32-22(11-17-3-1-2-4-20(17)28)25-30-14-23(31-25)18-9-10-19-21(12-18)33-34-24(19)29/h1-4,9-10,12,14-16,22H,5-8,11,13,27-28H2,(H,30,31)(H,32,35)(H3,29,33,34)/t15-,16-,22-/m0/s1. The van der Waals surface area contributed by atoms with Gasteiger partial charge in [0.1, 0.15) is 5.82 Å². The van der Waals surface area contributed by atoms with Gasteiger partial charge < -0.3 is 27.5 Å². The molecule has 35 heavy (non-hydrogen) atoms. The average molecular weight is 473 g/mol. The normalized spacial score (nSPS) is 19.0. The number of imidazole rings is 1. The van der Waals surface area contributed by atoms with Crippen molar-refractivity contribution >= 4 is 28.3 Å². The highest BCUT2D eigenvalue weighted by Crippen LogP contribution is 2.30. The topological polar surface area (TPSA) is 165 Å². The molecule has 0 bridgehead atoms. The summed E-state index contributed by atoms with van der Waals surface area (Å²) in [5, 5.41) is 11.1. The molecule has 0 aliphatic heterocycles. The number of nitrogens with zero attached hydrogens (tertiary/aromatic N) is 2. The Morgan fingerprint density at radius 2 is 1.91 bits per heavy atom. The number of anilines is 2. The Morgan fingerprint density at radius 3 is 2.69 bits per heavy atom. The third-order valence-electron chi connectivity index (χ3n) is 7.16. The second-order valence-electron chi connectivity index (χ2n) is 9.46. The highest BCUT2D eigenvalue weighted by molar-refractivity contribution is 5.91. The smallest absolute Gasteiger partial charge is 0.223 e. The Morgan fingerprint density at radius 1 is 1.11 bits per heavy atom. The first-order valence-corrected chi connectivity index (χ1v) is 12.1. The maximum absolute atomic E-state index is 13.2. The lowest BCUT2D eigenvalue weighted by Gasteiger charge is -2.28. The summed E-state index contributed by atoms with van der Waals surface area (Å²) >= 11 is 0. The molecule has 1 fully saturated rings. The molecule has 0 spiro atoms. The van der Waals surface area contributed by atoms with Crippen LogP contribution in [0.2, 0.25) is 0 Å². The number of nitrogen functional groups attached to an aromatic ring is 2. The van der Waals surface area contributed by atoms with Crippen molar-refractivity contribution in [3.05, 3.63) is 60.0 Å². The van der Waals surface area contributed by atoms with Gasteiger partial charge >= 0.3 is 0 Å². The third kappa shape index (κ3) is 4.85. The molecule has 1 amide bonds. The van der Waals surface area contributed by atoms with Crippen LogP contribution in [0.15, 0.2) is 48.7 Å². The summed E-state index contributed by atoms with van der Waals surface area (Å²) in [5.41, 5.74) is 22.2. The highest BCUT2D eigenvalue weighted by atomic mass is 16.2. The number of carbonyl (C=O) groups excluding carboxylic acids is 1. The lowest BCUT2D eigenvalue weighted by molar-refractivity contribution is -0.127. The van der Waals surface area contributed by atoms with Gasteiger partial charge in [-0.05, 0) is 61.9 Å². The fourth-order valence-corrected chi connectivity index (χ4v) is 4.97. The number of para-hydroxylation sites is 1.